The molecule has 14 heavy (non-hydrogen) atoms. The van der Waals surface area contributed by atoms with Crippen LogP contribution in [-0.4, -0.2) is 25.7 Å². The van der Waals surface area contributed by atoms with E-state index in [-0.39, 0.29) is 6.04 Å². The molecule has 0 aliphatic carbocycles. The average molecular weight is 210 g/mol. The van der Waals surface area contributed by atoms with Crippen molar-refractivity contribution in [3.8, 4) is 0 Å². The summed E-state index contributed by atoms with van der Waals surface area (Å²) in [6, 6.07) is 0.174. The predicted molar refractivity (Wildman–Crippen MR) is 52.1 cm³/mol. The first-order valence-corrected chi connectivity index (χ1v) is 5.02. The highest BCUT2D eigenvalue weighted by Gasteiger charge is 2.07. The summed E-state index contributed by atoms with van der Waals surface area (Å²) in [5, 5.41) is 0. The van der Waals surface area contributed by atoms with Gasteiger partial charge in [0.25, 0.3) is 6.43 Å². The maximum absolute atomic E-state index is 11.7. The van der Waals surface area contributed by atoms with Gasteiger partial charge in [-0.1, -0.05) is 19.8 Å². The van der Waals surface area contributed by atoms with Crippen LogP contribution in [0.5, 0.6) is 0 Å². The third-order valence-electron chi connectivity index (χ3n) is 2.00. The minimum absolute atomic E-state index is 0.174. The van der Waals surface area contributed by atoms with E-state index in [1.165, 1.54) is 0 Å². The molecule has 0 saturated carbocycles. The molecule has 0 amide bonds. The molecule has 0 aromatic carbocycles. The average Bonchev–Trinajstić information content (AvgIpc) is 2.16. The summed E-state index contributed by atoms with van der Waals surface area (Å²) in [6.45, 7) is 1.95. The van der Waals surface area contributed by atoms with Crippen molar-refractivity contribution in [1.29, 1.82) is 0 Å². The molecule has 86 valence electrons. The Kier molecular flexibility index (Phi) is 9.13. The summed E-state index contributed by atoms with van der Waals surface area (Å²) in [6.07, 6.45) is 1.46. The zero-order valence-electron chi connectivity index (χ0n) is 8.64. The van der Waals surface area contributed by atoms with E-state index >= 15 is 0 Å². The summed E-state index contributed by atoms with van der Waals surface area (Å²) in [4.78, 5) is 0. The van der Waals surface area contributed by atoms with E-state index in [1.54, 1.807) is 0 Å². The largest absolute Gasteiger partial charge is 0.375 e. The molecule has 0 spiro atoms. The Morgan fingerprint density at radius 2 is 2.07 bits per heavy atom. The SMILES string of the molecule is CCCCC(CCOCC(F)F)NN. The second kappa shape index (κ2) is 9.30. The van der Waals surface area contributed by atoms with Gasteiger partial charge < -0.3 is 4.74 Å². The predicted octanol–water partition coefficient (Wildman–Crippen LogP) is 1.68. The molecule has 0 fully saturated rings. The number of ether oxygens (including phenoxy) is 1. The molecule has 0 saturated heterocycles. The van der Waals surface area contributed by atoms with Gasteiger partial charge in [0, 0.05) is 12.6 Å². The Hall–Kier alpha value is -0.260. The van der Waals surface area contributed by atoms with Crippen molar-refractivity contribution in [2.24, 2.45) is 5.84 Å². The molecule has 0 bridgehead atoms. The number of nitrogens with two attached hydrogens (primary N) is 1. The number of rotatable bonds is 9. The van der Waals surface area contributed by atoms with Crippen molar-refractivity contribution in [3.05, 3.63) is 0 Å². The minimum atomic E-state index is -2.38. The third-order valence-corrected chi connectivity index (χ3v) is 2.00. The Balaban J connectivity index is 3.33. The van der Waals surface area contributed by atoms with Crippen molar-refractivity contribution in [3.63, 3.8) is 0 Å². The third kappa shape index (κ3) is 8.34. The van der Waals surface area contributed by atoms with Crippen molar-refractivity contribution in [2.45, 2.75) is 45.1 Å². The number of nitrogens with one attached hydrogen (secondary N) is 1. The fourth-order valence-electron chi connectivity index (χ4n) is 1.16. The van der Waals surface area contributed by atoms with Crippen LogP contribution in [-0.2, 0) is 4.74 Å². The van der Waals surface area contributed by atoms with Gasteiger partial charge in [0.2, 0.25) is 0 Å². The smallest absolute Gasteiger partial charge is 0.261 e. The number of halogens is 2. The first kappa shape index (κ1) is 13.7. The van der Waals surface area contributed by atoms with Gasteiger partial charge in [0.1, 0.15) is 6.61 Å². The van der Waals surface area contributed by atoms with E-state index in [4.69, 9.17) is 10.6 Å². The van der Waals surface area contributed by atoms with Gasteiger partial charge in [-0.3, -0.25) is 11.3 Å². The highest BCUT2D eigenvalue weighted by atomic mass is 19.3. The van der Waals surface area contributed by atoms with Crippen molar-refractivity contribution < 1.29 is 13.5 Å². The summed E-state index contributed by atoms with van der Waals surface area (Å²) in [5.74, 6) is 5.30. The zero-order valence-corrected chi connectivity index (χ0v) is 8.64. The van der Waals surface area contributed by atoms with Gasteiger partial charge in [0.05, 0.1) is 0 Å². The number of hydrogen-bond donors (Lipinski definition) is 2. The standard InChI is InChI=1S/C9H20F2N2O/c1-2-3-4-8(13-12)5-6-14-7-9(10)11/h8-9,13H,2-7,12H2,1H3. The van der Waals surface area contributed by atoms with Crippen LogP contribution < -0.4 is 11.3 Å². The second-order valence-electron chi connectivity index (χ2n) is 3.26. The number of hydrazine groups is 1. The maximum atomic E-state index is 11.7. The van der Waals surface area contributed by atoms with E-state index in [0.29, 0.717) is 13.0 Å². The van der Waals surface area contributed by atoms with Crippen molar-refractivity contribution >= 4 is 0 Å². The lowest BCUT2D eigenvalue weighted by molar-refractivity contribution is 0.0141. The van der Waals surface area contributed by atoms with E-state index in [9.17, 15) is 8.78 Å². The Labute approximate surface area is 84.0 Å². The van der Waals surface area contributed by atoms with Gasteiger partial charge in [-0.15, -0.1) is 0 Å². The molecule has 3 N–H and O–H groups in total. The molecule has 1 unspecified atom stereocenters. The van der Waals surface area contributed by atoms with Crippen LogP contribution in [0.4, 0.5) is 8.78 Å². The van der Waals surface area contributed by atoms with Crippen LogP contribution in [0.15, 0.2) is 0 Å². The first-order valence-electron chi connectivity index (χ1n) is 5.02. The van der Waals surface area contributed by atoms with Crippen LogP contribution >= 0.6 is 0 Å². The Bertz CT molecular complexity index is 125. The molecular formula is C9H20F2N2O. The lowest BCUT2D eigenvalue weighted by Gasteiger charge is -2.15. The van der Waals surface area contributed by atoms with E-state index in [2.05, 4.69) is 12.3 Å². The maximum Gasteiger partial charge on any atom is 0.261 e. The summed E-state index contributed by atoms with van der Waals surface area (Å²) in [7, 11) is 0. The molecular weight excluding hydrogens is 190 g/mol. The van der Waals surface area contributed by atoms with Crippen LogP contribution in [0.1, 0.15) is 32.6 Å². The molecule has 0 aromatic rings. The quantitative estimate of drug-likeness (QED) is 0.346. The number of hydrogen-bond acceptors (Lipinski definition) is 3. The molecule has 0 radical (unpaired) electrons. The molecule has 3 nitrogen and oxygen atoms in total. The fourth-order valence-corrected chi connectivity index (χ4v) is 1.16. The molecule has 1 atom stereocenters. The summed E-state index contributed by atoms with van der Waals surface area (Å²) in [5.41, 5.74) is 2.66. The van der Waals surface area contributed by atoms with Gasteiger partial charge in [-0.2, -0.15) is 0 Å². The van der Waals surface area contributed by atoms with Gasteiger partial charge in [-0.25, -0.2) is 8.78 Å². The molecule has 0 rings (SSSR count). The zero-order chi connectivity index (χ0) is 10.8. The lowest BCUT2D eigenvalue weighted by Crippen LogP contribution is -2.36. The molecule has 0 aliphatic heterocycles. The van der Waals surface area contributed by atoms with E-state index in [0.717, 1.165) is 19.3 Å². The molecule has 0 aromatic heterocycles. The molecule has 0 aliphatic rings. The highest BCUT2D eigenvalue weighted by Crippen LogP contribution is 2.04. The van der Waals surface area contributed by atoms with E-state index in [1.807, 2.05) is 0 Å². The van der Waals surface area contributed by atoms with Crippen LogP contribution in [0, 0.1) is 0 Å². The number of alkyl halides is 2. The Morgan fingerprint density at radius 1 is 1.36 bits per heavy atom. The van der Waals surface area contributed by atoms with Crippen LogP contribution in [0.2, 0.25) is 0 Å². The fraction of sp³-hybridized carbons (Fsp3) is 1.00. The van der Waals surface area contributed by atoms with Gasteiger partial charge in [-0.05, 0) is 12.8 Å². The molecule has 5 heteroatoms. The van der Waals surface area contributed by atoms with Gasteiger partial charge in [0.15, 0.2) is 0 Å². The lowest BCUT2D eigenvalue weighted by atomic mass is 10.1. The normalized spacial score (nSPS) is 13.5. The van der Waals surface area contributed by atoms with Gasteiger partial charge >= 0.3 is 0 Å². The van der Waals surface area contributed by atoms with Crippen molar-refractivity contribution in [2.75, 3.05) is 13.2 Å². The van der Waals surface area contributed by atoms with E-state index < -0.39 is 13.0 Å². The highest BCUT2D eigenvalue weighted by molar-refractivity contribution is 4.62. The molecule has 0 heterocycles. The summed E-state index contributed by atoms with van der Waals surface area (Å²) >= 11 is 0. The van der Waals surface area contributed by atoms with Crippen LogP contribution in [0.25, 0.3) is 0 Å². The monoisotopic (exact) mass is 210 g/mol. The number of unbranched alkanes of at least 4 members (excludes halogenated alkanes) is 1. The van der Waals surface area contributed by atoms with Crippen LogP contribution in [0.3, 0.4) is 0 Å². The second-order valence-corrected chi connectivity index (χ2v) is 3.26. The van der Waals surface area contributed by atoms with Crippen molar-refractivity contribution in [1.82, 2.24) is 5.43 Å². The topological polar surface area (TPSA) is 47.3 Å². The minimum Gasteiger partial charge on any atom is -0.375 e. The summed E-state index contributed by atoms with van der Waals surface area (Å²) < 4.78 is 28.1. The Morgan fingerprint density at radius 3 is 2.57 bits per heavy atom. The first-order chi connectivity index (χ1) is 6.70.